The third kappa shape index (κ3) is 4.18. The maximum Gasteiger partial charge on any atom is 0.241 e. The Labute approximate surface area is 139 Å². The van der Waals surface area contributed by atoms with E-state index < -0.39 is 10.0 Å². The molecular formula is C18H24N2O2S. The summed E-state index contributed by atoms with van der Waals surface area (Å²) in [4.78, 5) is 4.31. The lowest BCUT2D eigenvalue weighted by molar-refractivity contribution is 0.575. The first-order valence-corrected chi connectivity index (χ1v) is 9.10. The molecule has 0 saturated carbocycles. The molecule has 2 aromatic rings. The Morgan fingerprint density at radius 1 is 1.04 bits per heavy atom. The van der Waals surface area contributed by atoms with E-state index in [1.165, 1.54) is 0 Å². The van der Waals surface area contributed by atoms with Crippen LogP contribution in [0.1, 0.15) is 43.0 Å². The van der Waals surface area contributed by atoms with Crippen molar-refractivity contribution >= 4 is 10.0 Å². The van der Waals surface area contributed by atoms with Gasteiger partial charge in [0.25, 0.3) is 0 Å². The third-order valence-electron chi connectivity index (χ3n) is 3.81. The van der Waals surface area contributed by atoms with E-state index in [1.807, 2.05) is 26.0 Å². The summed E-state index contributed by atoms with van der Waals surface area (Å²) in [5.74, 6) is 0. The van der Waals surface area contributed by atoms with E-state index >= 15 is 0 Å². The summed E-state index contributed by atoms with van der Waals surface area (Å²) >= 11 is 0. The molecule has 124 valence electrons. The van der Waals surface area contributed by atoms with Crippen LogP contribution in [0.2, 0.25) is 0 Å². The van der Waals surface area contributed by atoms with Crippen LogP contribution in [-0.4, -0.2) is 13.4 Å². The second kappa shape index (κ2) is 6.42. The first-order valence-electron chi connectivity index (χ1n) is 7.61. The van der Waals surface area contributed by atoms with Gasteiger partial charge in [0.1, 0.15) is 0 Å². The van der Waals surface area contributed by atoms with Crippen molar-refractivity contribution in [3.63, 3.8) is 0 Å². The van der Waals surface area contributed by atoms with Crippen molar-refractivity contribution < 1.29 is 8.42 Å². The lowest BCUT2D eigenvalue weighted by Gasteiger charge is -2.22. The molecule has 0 amide bonds. The summed E-state index contributed by atoms with van der Waals surface area (Å²) in [6.07, 6.45) is 3.30. The van der Waals surface area contributed by atoms with E-state index in [4.69, 9.17) is 0 Å². The smallest absolute Gasteiger partial charge is 0.241 e. The normalized spacial score (nSPS) is 12.4. The predicted molar refractivity (Wildman–Crippen MR) is 92.9 cm³/mol. The van der Waals surface area contributed by atoms with Crippen LogP contribution < -0.4 is 4.72 Å². The molecule has 1 heterocycles. The molecule has 1 N–H and O–H groups in total. The van der Waals surface area contributed by atoms with E-state index in [2.05, 4.69) is 30.5 Å². The van der Waals surface area contributed by atoms with Crippen LogP contribution in [0, 0.1) is 13.8 Å². The average Bonchev–Trinajstić information content (AvgIpc) is 2.44. The highest BCUT2D eigenvalue weighted by Crippen LogP contribution is 2.29. The van der Waals surface area contributed by atoms with Crippen LogP contribution in [0.5, 0.6) is 0 Å². The van der Waals surface area contributed by atoms with E-state index in [-0.39, 0.29) is 12.0 Å². The molecular weight excluding hydrogens is 308 g/mol. The standard InChI is InChI=1S/C18H24N2O2S/c1-13-10-16(18(3,4)5)11-14(2)17(13)23(21,22)20-12-15-6-8-19-9-7-15/h6-11,20H,12H2,1-5H3. The van der Waals surface area contributed by atoms with Crippen molar-refractivity contribution in [3.05, 3.63) is 58.9 Å². The lowest BCUT2D eigenvalue weighted by atomic mass is 9.85. The molecule has 2 rings (SSSR count). The minimum Gasteiger partial charge on any atom is -0.265 e. The van der Waals surface area contributed by atoms with Gasteiger partial charge in [-0.25, -0.2) is 13.1 Å². The van der Waals surface area contributed by atoms with Crippen LogP contribution in [0.25, 0.3) is 0 Å². The van der Waals surface area contributed by atoms with Crippen molar-refractivity contribution in [1.82, 2.24) is 9.71 Å². The number of aryl methyl sites for hydroxylation is 2. The SMILES string of the molecule is Cc1cc(C(C)(C)C)cc(C)c1S(=O)(=O)NCc1ccncc1. The van der Waals surface area contributed by atoms with Gasteiger partial charge in [-0.15, -0.1) is 0 Å². The summed E-state index contributed by atoms with van der Waals surface area (Å²) in [6, 6.07) is 7.53. The fraction of sp³-hybridized carbons (Fsp3) is 0.389. The molecule has 0 aliphatic rings. The average molecular weight is 332 g/mol. The van der Waals surface area contributed by atoms with Crippen molar-refractivity contribution in [2.45, 2.75) is 51.5 Å². The summed E-state index contributed by atoms with van der Waals surface area (Å²) in [7, 11) is -3.55. The van der Waals surface area contributed by atoms with E-state index in [0.29, 0.717) is 4.90 Å². The minimum atomic E-state index is -3.55. The molecule has 0 aliphatic carbocycles. The van der Waals surface area contributed by atoms with Crippen LogP contribution >= 0.6 is 0 Å². The molecule has 0 bridgehead atoms. The van der Waals surface area contributed by atoms with Gasteiger partial charge in [0.15, 0.2) is 0 Å². The molecule has 4 nitrogen and oxygen atoms in total. The highest BCUT2D eigenvalue weighted by atomic mass is 32.2. The lowest BCUT2D eigenvalue weighted by Crippen LogP contribution is -2.25. The molecule has 0 radical (unpaired) electrons. The number of aromatic nitrogens is 1. The highest BCUT2D eigenvalue weighted by Gasteiger charge is 2.23. The highest BCUT2D eigenvalue weighted by molar-refractivity contribution is 7.89. The Morgan fingerprint density at radius 3 is 2.04 bits per heavy atom. The zero-order chi connectivity index (χ0) is 17.3. The van der Waals surface area contributed by atoms with Gasteiger partial charge < -0.3 is 0 Å². The van der Waals surface area contributed by atoms with E-state index in [9.17, 15) is 8.42 Å². The monoisotopic (exact) mass is 332 g/mol. The molecule has 0 aliphatic heterocycles. The fourth-order valence-electron chi connectivity index (χ4n) is 2.56. The molecule has 0 spiro atoms. The zero-order valence-electron chi connectivity index (χ0n) is 14.3. The van der Waals surface area contributed by atoms with Gasteiger partial charge in [-0.3, -0.25) is 4.98 Å². The molecule has 1 aromatic heterocycles. The largest absolute Gasteiger partial charge is 0.265 e. The van der Waals surface area contributed by atoms with E-state index in [0.717, 1.165) is 22.3 Å². The number of nitrogens with one attached hydrogen (secondary N) is 1. The Morgan fingerprint density at radius 2 is 1.57 bits per heavy atom. The quantitative estimate of drug-likeness (QED) is 0.932. The summed E-state index contributed by atoms with van der Waals surface area (Å²) < 4.78 is 28.0. The van der Waals surface area contributed by atoms with Gasteiger partial charge in [-0.1, -0.05) is 32.9 Å². The van der Waals surface area contributed by atoms with Gasteiger partial charge in [-0.05, 0) is 53.6 Å². The van der Waals surface area contributed by atoms with Crippen LogP contribution in [0.3, 0.4) is 0 Å². The number of nitrogens with zero attached hydrogens (tertiary/aromatic N) is 1. The fourth-order valence-corrected chi connectivity index (χ4v) is 4.02. The molecule has 23 heavy (non-hydrogen) atoms. The summed E-state index contributed by atoms with van der Waals surface area (Å²) in [5.41, 5.74) is 3.56. The molecule has 0 saturated heterocycles. The van der Waals surface area contributed by atoms with E-state index in [1.54, 1.807) is 24.5 Å². The van der Waals surface area contributed by atoms with Crippen molar-refractivity contribution in [3.8, 4) is 0 Å². The number of hydrogen-bond acceptors (Lipinski definition) is 3. The van der Waals surface area contributed by atoms with Crippen molar-refractivity contribution in [2.75, 3.05) is 0 Å². The molecule has 1 aromatic carbocycles. The van der Waals surface area contributed by atoms with Crippen LogP contribution in [0.4, 0.5) is 0 Å². The van der Waals surface area contributed by atoms with Gasteiger partial charge >= 0.3 is 0 Å². The first-order chi connectivity index (χ1) is 10.6. The van der Waals surface area contributed by atoms with Crippen molar-refractivity contribution in [1.29, 1.82) is 0 Å². The minimum absolute atomic E-state index is 0.0116. The van der Waals surface area contributed by atoms with Crippen molar-refractivity contribution in [2.24, 2.45) is 0 Å². The number of pyridine rings is 1. The summed E-state index contributed by atoms with van der Waals surface area (Å²) in [5, 5.41) is 0. The topological polar surface area (TPSA) is 59.1 Å². The van der Waals surface area contributed by atoms with Crippen LogP contribution in [-0.2, 0) is 22.0 Å². The van der Waals surface area contributed by atoms with Gasteiger partial charge in [0.2, 0.25) is 10.0 Å². The second-order valence-corrected chi connectivity index (χ2v) is 8.57. The number of rotatable bonds is 4. The Bertz CT molecular complexity index is 769. The van der Waals surface area contributed by atoms with Gasteiger partial charge in [0, 0.05) is 18.9 Å². The maximum atomic E-state index is 12.7. The third-order valence-corrected chi connectivity index (χ3v) is 5.52. The first kappa shape index (κ1) is 17.6. The zero-order valence-corrected chi connectivity index (χ0v) is 15.2. The maximum absolute atomic E-state index is 12.7. The molecule has 0 fully saturated rings. The molecule has 0 unspecified atom stereocenters. The number of sulfonamides is 1. The van der Waals surface area contributed by atoms with Gasteiger partial charge in [0.05, 0.1) is 4.90 Å². The molecule has 5 heteroatoms. The van der Waals surface area contributed by atoms with Gasteiger partial charge in [-0.2, -0.15) is 0 Å². The Kier molecular flexibility index (Phi) is 4.92. The summed E-state index contributed by atoms with van der Waals surface area (Å²) in [6.45, 7) is 10.3. The predicted octanol–water partition coefficient (Wildman–Crippen LogP) is 3.47. The Balaban J connectivity index is 2.33. The molecule has 0 atom stereocenters. The number of benzene rings is 1. The Hall–Kier alpha value is -1.72. The second-order valence-electron chi connectivity index (χ2n) is 6.87. The number of hydrogen-bond donors (Lipinski definition) is 1. The van der Waals surface area contributed by atoms with Crippen LogP contribution in [0.15, 0.2) is 41.6 Å².